The molecular formula is C26H51N3O4. The van der Waals surface area contributed by atoms with Gasteiger partial charge in [-0.3, -0.25) is 9.59 Å². The molecule has 7 nitrogen and oxygen atoms in total. The normalized spacial score (nSPS) is 16.2. The summed E-state index contributed by atoms with van der Waals surface area (Å²) < 4.78 is 0. The average Bonchev–Trinajstić information content (AvgIpc) is 2.74. The molecule has 0 aromatic rings. The number of carbonyl (C=O) groups excluding carboxylic acids is 2. The number of likely N-dealkylation sites (tertiary alicyclic amines) is 1. The highest BCUT2D eigenvalue weighted by atomic mass is 16.4. The van der Waals surface area contributed by atoms with E-state index in [4.69, 9.17) is 5.11 Å². The Morgan fingerprint density at radius 1 is 0.970 bits per heavy atom. The monoisotopic (exact) mass is 469 g/mol. The lowest BCUT2D eigenvalue weighted by Crippen LogP contribution is -2.43. The third kappa shape index (κ3) is 16.4. The Morgan fingerprint density at radius 3 is 1.82 bits per heavy atom. The number of hydrogen-bond acceptors (Lipinski definition) is 4. The maximum atomic E-state index is 11.7. The lowest BCUT2D eigenvalue weighted by Gasteiger charge is -2.34. The smallest absolute Gasteiger partial charge is 0.331 e. The standard InChI is InChI=1S/C12H20N2O4.C10H21N.C4H10/c1-8(2)10(5-9(3)12(17)18)14(4)11(16)6-13-7-15;1-9(2)10(3)11-7-5-4-6-8-11;1-4(2)3/h5,7-8,10H,6H2,1-4H3,(H,13,15)(H,17,18);9-10H,4-8H2,1-3H3;4H,1-3H3/b9-5+;;/t10-;;/m1../s1. The number of hydrogen-bond donors (Lipinski definition) is 2. The van der Waals surface area contributed by atoms with Gasteiger partial charge < -0.3 is 20.2 Å². The van der Waals surface area contributed by atoms with E-state index in [-0.39, 0.29) is 30.0 Å². The maximum Gasteiger partial charge on any atom is 0.331 e. The van der Waals surface area contributed by atoms with E-state index < -0.39 is 5.97 Å². The molecule has 2 amide bonds. The second-order valence-corrected chi connectivity index (χ2v) is 10.2. The van der Waals surface area contributed by atoms with Crippen molar-refractivity contribution in [1.82, 2.24) is 15.1 Å². The van der Waals surface area contributed by atoms with Crippen LogP contribution in [0.25, 0.3) is 0 Å². The number of amides is 2. The van der Waals surface area contributed by atoms with E-state index in [0.29, 0.717) is 6.41 Å². The molecular weight excluding hydrogens is 418 g/mol. The molecule has 0 aromatic heterocycles. The van der Waals surface area contributed by atoms with Crippen molar-refractivity contribution in [3.8, 4) is 0 Å². The molecule has 2 atom stereocenters. The summed E-state index contributed by atoms with van der Waals surface area (Å²) in [6.45, 7) is 21.3. The van der Waals surface area contributed by atoms with Gasteiger partial charge >= 0.3 is 5.97 Å². The number of carbonyl (C=O) groups is 3. The zero-order valence-corrected chi connectivity index (χ0v) is 22.9. The topological polar surface area (TPSA) is 90.0 Å². The van der Waals surface area contributed by atoms with Crippen molar-refractivity contribution in [1.29, 1.82) is 0 Å². The minimum Gasteiger partial charge on any atom is -0.478 e. The first-order valence-corrected chi connectivity index (χ1v) is 12.3. The van der Waals surface area contributed by atoms with Gasteiger partial charge in [0.05, 0.1) is 12.6 Å². The molecule has 0 saturated carbocycles. The summed E-state index contributed by atoms with van der Waals surface area (Å²) in [4.78, 5) is 36.7. The zero-order chi connectivity index (χ0) is 26.1. The predicted molar refractivity (Wildman–Crippen MR) is 137 cm³/mol. The van der Waals surface area contributed by atoms with Crippen LogP contribution in [-0.4, -0.2) is 72.0 Å². The quantitative estimate of drug-likeness (QED) is 0.385. The van der Waals surface area contributed by atoms with E-state index >= 15 is 0 Å². The zero-order valence-electron chi connectivity index (χ0n) is 22.9. The van der Waals surface area contributed by atoms with Gasteiger partial charge in [-0.05, 0) is 57.5 Å². The Bertz CT molecular complexity index is 579. The molecule has 0 aromatic carbocycles. The summed E-state index contributed by atoms with van der Waals surface area (Å²) in [7, 11) is 1.59. The second kappa shape index (κ2) is 18.5. The Hall–Kier alpha value is -1.89. The minimum atomic E-state index is -1.01. The van der Waals surface area contributed by atoms with Crippen LogP contribution in [0.15, 0.2) is 11.6 Å². The van der Waals surface area contributed by atoms with Crippen LogP contribution in [-0.2, 0) is 14.4 Å². The first kappa shape index (κ1) is 33.3. The highest BCUT2D eigenvalue weighted by Crippen LogP contribution is 2.16. The summed E-state index contributed by atoms with van der Waals surface area (Å²) in [5.74, 6) is 0.445. The molecule has 1 rings (SSSR count). The highest BCUT2D eigenvalue weighted by molar-refractivity contribution is 5.86. The van der Waals surface area contributed by atoms with Gasteiger partial charge in [0.25, 0.3) is 0 Å². The third-order valence-electron chi connectivity index (χ3n) is 5.55. The van der Waals surface area contributed by atoms with Gasteiger partial charge in [0.2, 0.25) is 12.3 Å². The summed E-state index contributed by atoms with van der Waals surface area (Å²) in [6, 6.07) is 0.470. The number of nitrogens with one attached hydrogen (secondary N) is 1. The first-order chi connectivity index (χ1) is 15.3. The van der Waals surface area contributed by atoms with Gasteiger partial charge in [-0.25, -0.2) is 4.79 Å². The van der Waals surface area contributed by atoms with Gasteiger partial charge in [-0.2, -0.15) is 0 Å². The SMILES string of the molecule is C/C(=C\[C@H](C(C)C)N(C)C(=O)CNC=O)C(=O)O.CC(C)C.CC(C)C(C)N1CCCCC1. The summed E-state index contributed by atoms with van der Waals surface area (Å²) in [5.41, 5.74) is 0.191. The van der Waals surface area contributed by atoms with E-state index in [2.05, 4.69) is 51.8 Å². The second-order valence-electron chi connectivity index (χ2n) is 10.2. The number of likely N-dealkylation sites (N-methyl/N-ethyl adjacent to an activating group) is 1. The van der Waals surface area contributed by atoms with E-state index in [1.54, 1.807) is 13.1 Å². The molecule has 0 spiro atoms. The molecule has 0 radical (unpaired) electrons. The first-order valence-electron chi connectivity index (χ1n) is 12.3. The van der Waals surface area contributed by atoms with E-state index in [0.717, 1.165) is 17.9 Å². The van der Waals surface area contributed by atoms with Crippen LogP contribution in [0.3, 0.4) is 0 Å². The van der Waals surface area contributed by atoms with Gasteiger partial charge in [-0.1, -0.05) is 61.0 Å². The van der Waals surface area contributed by atoms with Crippen molar-refractivity contribution in [3.05, 3.63) is 11.6 Å². The summed E-state index contributed by atoms with van der Waals surface area (Å²) in [6.07, 6.45) is 6.27. The fraction of sp³-hybridized carbons (Fsp3) is 0.808. The van der Waals surface area contributed by atoms with Crippen molar-refractivity contribution in [2.24, 2.45) is 17.8 Å². The number of carboxylic acid groups (broad SMARTS) is 1. The molecule has 0 bridgehead atoms. The number of carboxylic acids is 1. The molecule has 194 valence electrons. The van der Waals surface area contributed by atoms with Crippen molar-refractivity contribution in [2.45, 2.75) is 93.7 Å². The van der Waals surface area contributed by atoms with Crippen molar-refractivity contribution in [2.75, 3.05) is 26.7 Å². The molecule has 1 aliphatic heterocycles. The molecule has 1 aliphatic rings. The Labute approximate surface area is 203 Å². The van der Waals surface area contributed by atoms with Crippen LogP contribution in [0.4, 0.5) is 0 Å². The molecule has 1 unspecified atom stereocenters. The van der Waals surface area contributed by atoms with E-state index in [9.17, 15) is 14.4 Å². The molecule has 1 heterocycles. The predicted octanol–water partition coefficient (Wildman–Crippen LogP) is 4.43. The van der Waals surface area contributed by atoms with E-state index in [1.807, 2.05) is 13.8 Å². The van der Waals surface area contributed by atoms with Gasteiger partial charge in [0.1, 0.15) is 0 Å². The van der Waals surface area contributed by atoms with Crippen LogP contribution in [0, 0.1) is 17.8 Å². The lowest BCUT2D eigenvalue weighted by molar-refractivity contribution is -0.133. The molecule has 7 heteroatoms. The molecule has 0 aliphatic carbocycles. The van der Waals surface area contributed by atoms with Crippen molar-refractivity contribution in [3.63, 3.8) is 0 Å². The van der Waals surface area contributed by atoms with Crippen LogP contribution in [0.5, 0.6) is 0 Å². The van der Waals surface area contributed by atoms with Gasteiger partial charge in [-0.15, -0.1) is 0 Å². The minimum absolute atomic E-state index is 0.0736. The number of aliphatic carboxylic acids is 1. The molecule has 1 saturated heterocycles. The average molecular weight is 470 g/mol. The van der Waals surface area contributed by atoms with Gasteiger partial charge in [0.15, 0.2) is 0 Å². The molecule has 1 fully saturated rings. The lowest BCUT2D eigenvalue weighted by atomic mass is 10.00. The van der Waals surface area contributed by atoms with E-state index in [1.165, 1.54) is 44.2 Å². The number of nitrogens with zero attached hydrogens (tertiary/aromatic N) is 2. The summed E-state index contributed by atoms with van der Waals surface area (Å²) in [5, 5.41) is 11.1. The van der Waals surface area contributed by atoms with Crippen LogP contribution >= 0.6 is 0 Å². The molecule has 2 N–H and O–H groups in total. The van der Waals surface area contributed by atoms with Crippen LogP contribution < -0.4 is 5.32 Å². The largest absolute Gasteiger partial charge is 0.478 e. The fourth-order valence-corrected chi connectivity index (χ4v) is 3.25. The fourth-order valence-electron chi connectivity index (χ4n) is 3.25. The summed E-state index contributed by atoms with van der Waals surface area (Å²) >= 11 is 0. The number of piperidine rings is 1. The maximum absolute atomic E-state index is 11.7. The van der Waals surface area contributed by atoms with Crippen molar-refractivity contribution < 1.29 is 19.5 Å². The van der Waals surface area contributed by atoms with Crippen LogP contribution in [0.2, 0.25) is 0 Å². The third-order valence-corrected chi connectivity index (χ3v) is 5.55. The molecule has 33 heavy (non-hydrogen) atoms. The van der Waals surface area contributed by atoms with Crippen LogP contribution in [0.1, 0.15) is 81.6 Å². The number of rotatable bonds is 9. The highest BCUT2D eigenvalue weighted by Gasteiger charge is 2.22. The Morgan fingerprint density at radius 2 is 1.45 bits per heavy atom. The van der Waals surface area contributed by atoms with Crippen molar-refractivity contribution >= 4 is 18.3 Å². The van der Waals surface area contributed by atoms with Gasteiger partial charge in [0, 0.05) is 18.7 Å². The Kier molecular flexibility index (Phi) is 18.7. The Balaban J connectivity index is 0.